The standard InChI is InChI=1S/C7H7BrFNO/c1-2-10-4-5(8)6(9)3-7(10)11/h3-4H,2H2,1H3. The summed E-state index contributed by atoms with van der Waals surface area (Å²) in [4.78, 5) is 10.9. The van der Waals surface area contributed by atoms with Gasteiger partial charge in [-0.25, -0.2) is 4.39 Å². The van der Waals surface area contributed by atoms with E-state index in [1.807, 2.05) is 6.92 Å². The zero-order valence-electron chi connectivity index (χ0n) is 5.97. The molecule has 2 nitrogen and oxygen atoms in total. The summed E-state index contributed by atoms with van der Waals surface area (Å²) in [5.41, 5.74) is -0.312. The molecule has 0 N–H and O–H groups in total. The van der Waals surface area contributed by atoms with Crippen LogP contribution in [0.3, 0.4) is 0 Å². The molecule has 0 saturated heterocycles. The fourth-order valence-electron chi connectivity index (χ4n) is 0.769. The van der Waals surface area contributed by atoms with E-state index in [1.165, 1.54) is 10.8 Å². The molecule has 0 spiro atoms. The second kappa shape index (κ2) is 3.17. The molecule has 1 aromatic heterocycles. The number of hydrogen-bond donors (Lipinski definition) is 0. The summed E-state index contributed by atoms with van der Waals surface area (Å²) in [7, 11) is 0. The van der Waals surface area contributed by atoms with Crippen molar-refractivity contribution in [2.75, 3.05) is 0 Å². The van der Waals surface area contributed by atoms with Gasteiger partial charge in [-0.1, -0.05) is 0 Å². The van der Waals surface area contributed by atoms with E-state index >= 15 is 0 Å². The van der Waals surface area contributed by atoms with Gasteiger partial charge in [0.2, 0.25) is 0 Å². The molecule has 0 fully saturated rings. The van der Waals surface area contributed by atoms with Crippen LogP contribution < -0.4 is 5.56 Å². The minimum atomic E-state index is -0.514. The quantitative estimate of drug-likeness (QED) is 0.706. The summed E-state index contributed by atoms with van der Waals surface area (Å²) < 4.78 is 14.4. The van der Waals surface area contributed by atoms with E-state index in [-0.39, 0.29) is 5.56 Å². The smallest absolute Gasteiger partial charge is 0.253 e. The van der Waals surface area contributed by atoms with E-state index in [1.54, 1.807) is 0 Å². The molecule has 0 unspecified atom stereocenters. The average Bonchev–Trinajstić information content (AvgIpc) is 1.97. The van der Waals surface area contributed by atoms with E-state index in [9.17, 15) is 9.18 Å². The van der Waals surface area contributed by atoms with E-state index in [2.05, 4.69) is 15.9 Å². The van der Waals surface area contributed by atoms with Crippen LogP contribution in [0.15, 0.2) is 21.5 Å². The Morgan fingerprint density at radius 3 is 2.91 bits per heavy atom. The summed E-state index contributed by atoms with van der Waals surface area (Å²) in [5, 5.41) is 0. The average molecular weight is 220 g/mol. The van der Waals surface area contributed by atoms with Crippen LogP contribution in [-0.2, 0) is 6.54 Å². The lowest BCUT2D eigenvalue weighted by Crippen LogP contribution is -2.18. The van der Waals surface area contributed by atoms with E-state index in [0.29, 0.717) is 11.0 Å². The molecule has 0 saturated carbocycles. The Labute approximate surface area is 71.8 Å². The fraction of sp³-hybridized carbons (Fsp3) is 0.286. The highest BCUT2D eigenvalue weighted by atomic mass is 79.9. The molecule has 1 rings (SSSR count). The Morgan fingerprint density at radius 2 is 2.36 bits per heavy atom. The minimum absolute atomic E-state index is 0.312. The highest BCUT2D eigenvalue weighted by Gasteiger charge is 2.01. The number of halogens is 2. The fourth-order valence-corrected chi connectivity index (χ4v) is 1.13. The Balaban J connectivity index is 3.32. The minimum Gasteiger partial charge on any atom is -0.314 e. The van der Waals surface area contributed by atoms with Gasteiger partial charge in [0.05, 0.1) is 4.47 Å². The maximum atomic E-state index is 12.6. The molecule has 0 aromatic carbocycles. The van der Waals surface area contributed by atoms with E-state index in [0.717, 1.165) is 6.07 Å². The molecular formula is C7H7BrFNO. The molecule has 11 heavy (non-hydrogen) atoms. The maximum absolute atomic E-state index is 12.6. The molecule has 0 atom stereocenters. The molecule has 0 radical (unpaired) electrons. The lowest BCUT2D eigenvalue weighted by molar-refractivity contribution is 0.600. The number of rotatable bonds is 1. The monoisotopic (exact) mass is 219 g/mol. The first kappa shape index (κ1) is 8.46. The van der Waals surface area contributed by atoms with Crippen molar-refractivity contribution in [3.8, 4) is 0 Å². The highest BCUT2D eigenvalue weighted by molar-refractivity contribution is 9.10. The van der Waals surface area contributed by atoms with Crippen LogP contribution in [0.5, 0.6) is 0 Å². The SMILES string of the molecule is CCn1cc(Br)c(F)cc1=O. The van der Waals surface area contributed by atoms with Crippen LogP contribution in [0.2, 0.25) is 0 Å². The third-order valence-electron chi connectivity index (χ3n) is 1.37. The predicted octanol–water partition coefficient (Wildman–Crippen LogP) is 1.77. The molecule has 60 valence electrons. The van der Waals surface area contributed by atoms with Gasteiger partial charge in [0.1, 0.15) is 5.82 Å². The molecule has 0 aliphatic carbocycles. The van der Waals surface area contributed by atoms with Crippen molar-refractivity contribution in [1.29, 1.82) is 0 Å². The van der Waals surface area contributed by atoms with Crippen LogP contribution in [0.4, 0.5) is 4.39 Å². The number of aryl methyl sites for hydroxylation is 1. The highest BCUT2D eigenvalue weighted by Crippen LogP contribution is 2.10. The Bertz CT molecular complexity index is 321. The first-order valence-corrected chi connectivity index (χ1v) is 4.00. The second-order valence-corrected chi connectivity index (χ2v) is 2.95. The maximum Gasteiger partial charge on any atom is 0.253 e. The van der Waals surface area contributed by atoms with Crippen molar-refractivity contribution in [2.24, 2.45) is 0 Å². The number of nitrogens with zero attached hydrogens (tertiary/aromatic N) is 1. The summed E-state index contributed by atoms with van der Waals surface area (Å²) in [6.45, 7) is 2.38. The first-order valence-electron chi connectivity index (χ1n) is 3.20. The third-order valence-corrected chi connectivity index (χ3v) is 1.95. The summed E-state index contributed by atoms with van der Waals surface area (Å²) in [6, 6.07) is 0.966. The Morgan fingerprint density at radius 1 is 1.73 bits per heavy atom. The van der Waals surface area contributed by atoms with Crippen molar-refractivity contribution in [2.45, 2.75) is 13.5 Å². The van der Waals surface area contributed by atoms with Crippen LogP contribution in [0.25, 0.3) is 0 Å². The largest absolute Gasteiger partial charge is 0.314 e. The summed E-state index contributed by atoms with van der Waals surface area (Å²) >= 11 is 2.99. The zero-order valence-corrected chi connectivity index (χ0v) is 7.56. The Kier molecular flexibility index (Phi) is 2.44. The molecule has 1 aromatic rings. The normalized spacial score (nSPS) is 10.1. The van der Waals surface area contributed by atoms with Crippen molar-refractivity contribution in [3.63, 3.8) is 0 Å². The molecule has 0 amide bonds. The third kappa shape index (κ3) is 1.68. The van der Waals surface area contributed by atoms with Crippen molar-refractivity contribution in [1.82, 2.24) is 4.57 Å². The summed E-state index contributed by atoms with van der Waals surface area (Å²) in [5.74, 6) is -0.514. The molecule has 0 aliphatic heterocycles. The van der Waals surface area contributed by atoms with Gasteiger partial charge in [-0.05, 0) is 22.9 Å². The van der Waals surface area contributed by atoms with Gasteiger partial charge in [-0.3, -0.25) is 4.79 Å². The molecule has 1 heterocycles. The van der Waals surface area contributed by atoms with E-state index in [4.69, 9.17) is 0 Å². The number of hydrogen-bond acceptors (Lipinski definition) is 1. The van der Waals surface area contributed by atoms with Crippen molar-refractivity contribution in [3.05, 3.63) is 32.9 Å². The van der Waals surface area contributed by atoms with E-state index < -0.39 is 5.82 Å². The number of pyridine rings is 1. The van der Waals surface area contributed by atoms with Gasteiger partial charge >= 0.3 is 0 Å². The van der Waals surface area contributed by atoms with Crippen LogP contribution in [0, 0.1) is 5.82 Å². The van der Waals surface area contributed by atoms with Crippen LogP contribution in [-0.4, -0.2) is 4.57 Å². The van der Waals surface area contributed by atoms with Crippen LogP contribution in [0.1, 0.15) is 6.92 Å². The topological polar surface area (TPSA) is 22.0 Å². The van der Waals surface area contributed by atoms with Gasteiger partial charge in [0.15, 0.2) is 0 Å². The van der Waals surface area contributed by atoms with Crippen molar-refractivity contribution >= 4 is 15.9 Å². The first-order chi connectivity index (χ1) is 5.15. The Hall–Kier alpha value is -0.640. The lowest BCUT2D eigenvalue weighted by atomic mass is 10.4. The molecule has 0 aliphatic rings. The van der Waals surface area contributed by atoms with Gasteiger partial charge in [0, 0.05) is 18.8 Å². The van der Waals surface area contributed by atoms with Gasteiger partial charge in [-0.2, -0.15) is 0 Å². The second-order valence-electron chi connectivity index (χ2n) is 2.09. The van der Waals surface area contributed by atoms with Crippen molar-refractivity contribution < 1.29 is 4.39 Å². The van der Waals surface area contributed by atoms with Gasteiger partial charge < -0.3 is 4.57 Å². The summed E-state index contributed by atoms with van der Waals surface area (Å²) in [6.07, 6.45) is 1.44. The molecule has 0 bridgehead atoms. The lowest BCUT2D eigenvalue weighted by Gasteiger charge is -2.01. The zero-order chi connectivity index (χ0) is 8.43. The molecular weight excluding hydrogens is 213 g/mol. The predicted molar refractivity (Wildman–Crippen MR) is 44.0 cm³/mol. The van der Waals surface area contributed by atoms with Gasteiger partial charge in [-0.15, -0.1) is 0 Å². The van der Waals surface area contributed by atoms with Gasteiger partial charge in [0.25, 0.3) is 5.56 Å². The molecule has 4 heteroatoms. The van der Waals surface area contributed by atoms with Crippen LogP contribution >= 0.6 is 15.9 Å². The number of aromatic nitrogens is 1.